The predicted molar refractivity (Wildman–Crippen MR) is 56.6 cm³/mol. The molecule has 0 heterocycles. The molecule has 0 fully saturated rings. The molecule has 0 aromatic heterocycles. The van der Waals surface area contributed by atoms with E-state index in [1.807, 2.05) is 26.0 Å². The van der Waals surface area contributed by atoms with Gasteiger partial charge >= 0.3 is 0 Å². The summed E-state index contributed by atoms with van der Waals surface area (Å²) in [6.45, 7) is 6.67. The van der Waals surface area contributed by atoms with Gasteiger partial charge in [-0.2, -0.15) is 0 Å². The summed E-state index contributed by atoms with van der Waals surface area (Å²) >= 11 is 6.04. The van der Waals surface area contributed by atoms with Crippen molar-refractivity contribution in [1.82, 2.24) is 0 Å². The Morgan fingerprint density at radius 2 is 2.15 bits per heavy atom. The largest absolute Gasteiger partial charge is 0.494 e. The summed E-state index contributed by atoms with van der Waals surface area (Å²) in [6, 6.07) is 6.09. The zero-order chi connectivity index (χ0) is 9.84. The van der Waals surface area contributed by atoms with Gasteiger partial charge in [0.15, 0.2) is 0 Å². The maximum Gasteiger partial charge on any atom is 0.123 e. The summed E-state index contributed by atoms with van der Waals surface area (Å²) in [7, 11) is 0. The Morgan fingerprint density at radius 3 is 2.69 bits per heavy atom. The van der Waals surface area contributed by atoms with Crippen molar-refractivity contribution in [1.29, 1.82) is 0 Å². The summed E-state index contributed by atoms with van der Waals surface area (Å²) in [6.07, 6.45) is 0. The highest BCUT2D eigenvalue weighted by Gasteiger charge is 2.08. The van der Waals surface area contributed by atoms with E-state index < -0.39 is 0 Å². The van der Waals surface area contributed by atoms with E-state index in [4.69, 9.17) is 16.3 Å². The minimum atomic E-state index is 0.00134. The van der Waals surface area contributed by atoms with E-state index in [0.29, 0.717) is 6.61 Å². The van der Waals surface area contributed by atoms with Gasteiger partial charge in [-0.15, -0.1) is 11.6 Å². The van der Waals surface area contributed by atoms with Crippen LogP contribution in [0.25, 0.3) is 0 Å². The van der Waals surface area contributed by atoms with Crippen LogP contribution in [0.1, 0.15) is 30.4 Å². The lowest BCUT2D eigenvalue weighted by Gasteiger charge is -2.12. The fraction of sp³-hybridized carbons (Fsp3) is 0.455. The molecule has 0 radical (unpaired) electrons. The lowest BCUT2D eigenvalue weighted by atomic mass is 10.1. The smallest absolute Gasteiger partial charge is 0.123 e. The van der Waals surface area contributed by atoms with Crippen molar-refractivity contribution in [3.8, 4) is 5.75 Å². The molecule has 0 aliphatic rings. The summed E-state index contributed by atoms with van der Waals surface area (Å²) in [5.74, 6) is 0.899. The highest BCUT2D eigenvalue weighted by Crippen LogP contribution is 2.30. The number of hydrogen-bond acceptors (Lipinski definition) is 1. The first kappa shape index (κ1) is 10.4. The molecule has 1 aromatic carbocycles. The second-order valence-corrected chi connectivity index (χ2v) is 3.74. The van der Waals surface area contributed by atoms with Crippen LogP contribution in [0.15, 0.2) is 18.2 Å². The fourth-order valence-electron chi connectivity index (χ4n) is 1.27. The molecule has 0 aliphatic carbocycles. The standard InChI is InChI=1S/C11H15ClO/c1-4-13-11-6-5-8(2)7-10(11)9(3)12/h5-7,9H,4H2,1-3H3. The van der Waals surface area contributed by atoms with E-state index >= 15 is 0 Å². The molecule has 72 valence electrons. The Hall–Kier alpha value is -0.690. The van der Waals surface area contributed by atoms with E-state index in [9.17, 15) is 0 Å². The van der Waals surface area contributed by atoms with Crippen LogP contribution in [0.2, 0.25) is 0 Å². The molecule has 0 bridgehead atoms. The van der Waals surface area contributed by atoms with Crippen molar-refractivity contribution in [2.24, 2.45) is 0 Å². The minimum Gasteiger partial charge on any atom is -0.494 e. The third kappa shape index (κ3) is 2.63. The fourth-order valence-corrected chi connectivity index (χ4v) is 1.44. The van der Waals surface area contributed by atoms with Gasteiger partial charge in [0.25, 0.3) is 0 Å². The van der Waals surface area contributed by atoms with Crippen LogP contribution in [-0.2, 0) is 0 Å². The summed E-state index contributed by atoms with van der Waals surface area (Å²) in [5, 5.41) is 0.00134. The molecular weight excluding hydrogens is 184 g/mol. The van der Waals surface area contributed by atoms with E-state index in [2.05, 4.69) is 13.0 Å². The van der Waals surface area contributed by atoms with E-state index in [-0.39, 0.29) is 5.38 Å². The number of hydrogen-bond donors (Lipinski definition) is 0. The van der Waals surface area contributed by atoms with Crippen molar-refractivity contribution in [3.05, 3.63) is 29.3 Å². The Labute approximate surface area is 84.7 Å². The van der Waals surface area contributed by atoms with Crippen molar-refractivity contribution in [2.75, 3.05) is 6.61 Å². The molecule has 0 amide bonds. The van der Waals surface area contributed by atoms with E-state index in [1.165, 1.54) is 5.56 Å². The molecule has 1 aromatic rings. The predicted octanol–water partition coefficient (Wildman–Crippen LogP) is 3.69. The van der Waals surface area contributed by atoms with Crippen molar-refractivity contribution in [3.63, 3.8) is 0 Å². The minimum absolute atomic E-state index is 0.00134. The number of rotatable bonds is 3. The Bertz CT molecular complexity index is 281. The van der Waals surface area contributed by atoms with Crippen LogP contribution in [0.4, 0.5) is 0 Å². The average molecular weight is 199 g/mol. The average Bonchev–Trinajstić information content (AvgIpc) is 2.08. The molecular formula is C11H15ClO. The van der Waals surface area contributed by atoms with Crippen molar-refractivity contribution < 1.29 is 4.74 Å². The first-order valence-electron chi connectivity index (χ1n) is 4.52. The van der Waals surface area contributed by atoms with Gasteiger partial charge in [0.05, 0.1) is 12.0 Å². The van der Waals surface area contributed by atoms with E-state index in [0.717, 1.165) is 11.3 Å². The van der Waals surface area contributed by atoms with Crippen molar-refractivity contribution >= 4 is 11.6 Å². The Kier molecular flexibility index (Phi) is 3.61. The van der Waals surface area contributed by atoms with Crippen LogP contribution in [0.3, 0.4) is 0 Å². The molecule has 13 heavy (non-hydrogen) atoms. The summed E-state index contributed by atoms with van der Waals surface area (Å²) < 4.78 is 5.47. The van der Waals surface area contributed by atoms with Gasteiger partial charge in [-0.25, -0.2) is 0 Å². The van der Waals surface area contributed by atoms with Crippen LogP contribution >= 0.6 is 11.6 Å². The number of benzene rings is 1. The molecule has 1 atom stereocenters. The molecule has 1 unspecified atom stereocenters. The van der Waals surface area contributed by atoms with Crippen LogP contribution in [0, 0.1) is 6.92 Å². The lowest BCUT2D eigenvalue weighted by Crippen LogP contribution is -1.97. The van der Waals surface area contributed by atoms with Crippen LogP contribution in [-0.4, -0.2) is 6.61 Å². The molecule has 0 N–H and O–H groups in total. The molecule has 0 saturated heterocycles. The molecule has 0 aliphatic heterocycles. The third-order valence-electron chi connectivity index (χ3n) is 1.89. The summed E-state index contributed by atoms with van der Waals surface area (Å²) in [5.41, 5.74) is 2.29. The van der Waals surface area contributed by atoms with Crippen LogP contribution in [0.5, 0.6) is 5.75 Å². The van der Waals surface area contributed by atoms with Gasteiger partial charge in [-0.3, -0.25) is 0 Å². The quantitative estimate of drug-likeness (QED) is 0.674. The molecule has 1 rings (SSSR count). The lowest BCUT2D eigenvalue weighted by molar-refractivity contribution is 0.336. The second-order valence-electron chi connectivity index (χ2n) is 3.09. The maximum absolute atomic E-state index is 6.04. The number of ether oxygens (including phenoxy) is 1. The number of aryl methyl sites for hydroxylation is 1. The number of alkyl halides is 1. The van der Waals surface area contributed by atoms with E-state index in [1.54, 1.807) is 0 Å². The Balaban J connectivity index is 3.03. The SMILES string of the molecule is CCOc1ccc(C)cc1C(C)Cl. The zero-order valence-electron chi connectivity index (χ0n) is 8.30. The monoisotopic (exact) mass is 198 g/mol. The third-order valence-corrected chi connectivity index (χ3v) is 2.13. The maximum atomic E-state index is 6.04. The highest BCUT2D eigenvalue weighted by molar-refractivity contribution is 6.20. The normalized spacial score (nSPS) is 12.6. The topological polar surface area (TPSA) is 9.23 Å². The number of halogens is 1. The zero-order valence-corrected chi connectivity index (χ0v) is 9.06. The molecule has 0 spiro atoms. The van der Waals surface area contributed by atoms with Gasteiger partial charge < -0.3 is 4.74 Å². The van der Waals surface area contributed by atoms with Gasteiger partial charge in [0, 0.05) is 5.56 Å². The van der Waals surface area contributed by atoms with Crippen molar-refractivity contribution in [2.45, 2.75) is 26.1 Å². The Morgan fingerprint density at radius 1 is 1.46 bits per heavy atom. The highest BCUT2D eigenvalue weighted by atomic mass is 35.5. The molecule has 2 heteroatoms. The molecule has 1 nitrogen and oxygen atoms in total. The van der Waals surface area contributed by atoms with Gasteiger partial charge in [-0.1, -0.05) is 17.7 Å². The first-order valence-corrected chi connectivity index (χ1v) is 4.96. The summed E-state index contributed by atoms with van der Waals surface area (Å²) in [4.78, 5) is 0. The van der Waals surface area contributed by atoms with Gasteiger partial charge in [0.2, 0.25) is 0 Å². The van der Waals surface area contributed by atoms with Gasteiger partial charge in [0.1, 0.15) is 5.75 Å². The molecule has 0 saturated carbocycles. The van der Waals surface area contributed by atoms with Gasteiger partial charge in [-0.05, 0) is 26.8 Å². The second kappa shape index (κ2) is 4.52. The van der Waals surface area contributed by atoms with Crippen LogP contribution < -0.4 is 4.74 Å². The first-order chi connectivity index (χ1) is 6.15.